The van der Waals surface area contributed by atoms with Gasteiger partial charge in [-0.3, -0.25) is 9.59 Å². The number of aromatic hydroxyl groups is 2. The van der Waals surface area contributed by atoms with E-state index in [2.05, 4.69) is 10.4 Å². The Morgan fingerprint density at radius 2 is 1.89 bits per heavy atom. The van der Waals surface area contributed by atoms with Crippen LogP contribution in [0.5, 0.6) is 11.5 Å². The van der Waals surface area contributed by atoms with E-state index >= 15 is 0 Å². The predicted octanol–water partition coefficient (Wildman–Crippen LogP) is 0.0725. The lowest BCUT2D eigenvalue weighted by Gasteiger charge is -2.06. The van der Waals surface area contributed by atoms with Gasteiger partial charge in [0.2, 0.25) is 0 Å². The maximum absolute atomic E-state index is 11.3. The van der Waals surface area contributed by atoms with Crippen molar-refractivity contribution in [3.8, 4) is 11.5 Å². The van der Waals surface area contributed by atoms with Crippen molar-refractivity contribution < 1.29 is 19.8 Å². The first kappa shape index (κ1) is 14.5. The third kappa shape index (κ3) is 4.66. The summed E-state index contributed by atoms with van der Waals surface area (Å²) in [4.78, 5) is 22.5. The number of rotatable bonds is 3. The second-order valence-electron chi connectivity index (χ2n) is 4.08. The summed E-state index contributed by atoms with van der Waals surface area (Å²) in [5.41, 5.74) is 2.50. The van der Waals surface area contributed by atoms with Gasteiger partial charge in [0.15, 0.2) is 11.5 Å². The number of hydrazone groups is 1. The summed E-state index contributed by atoms with van der Waals surface area (Å²) in [5.74, 6) is -2.21. The minimum Gasteiger partial charge on any atom is -0.504 e. The standard InChI is InChI=1S/C12H15N3O4/c1-7(2)14-11(18)12(19)15-13-6-8-3-4-9(16)10(17)5-8/h3-7,16-17H,1-2H3,(H,14,18)(H,15,19)/b13-6+. The molecule has 4 N–H and O–H groups in total. The van der Waals surface area contributed by atoms with Gasteiger partial charge in [-0.2, -0.15) is 5.10 Å². The van der Waals surface area contributed by atoms with Crippen molar-refractivity contribution in [2.24, 2.45) is 5.10 Å². The zero-order valence-corrected chi connectivity index (χ0v) is 10.5. The number of nitrogens with zero attached hydrogens (tertiary/aromatic N) is 1. The van der Waals surface area contributed by atoms with Gasteiger partial charge in [0.1, 0.15) is 0 Å². The highest BCUT2D eigenvalue weighted by atomic mass is 16.3. The molecule has 0 spiro atoms. The van der Waals surface area contributed by atoms with Crippen LogP contribution in [0.3, 0.4) is 0 Å². The molecule has 0 aromatic heterocycles. The van der Waals surface area contributed by atoms with Crippen molar-refractivity contribution in [2.45, 2.75) is 19.9 Å². The lowest BCUT2D eigenvalue weighted by molar-refractivity contribution is -0.139. The molecule has 0 heterocycles. The number of carbonyl (C=O) groups excluding carboxylic acids is 2. The van der Waals surface area contributed by atoms with Gasteiger partial charge in [0.05, 0.1) is 6.21 Å². The first-order chi connectivity index (χ1) is 8.90. The van der Waals surface area contributed by atoms with Crippen LogP contribution < -0.4 is 10.7 Å². The molecule has 0 atom stereocenters. The van der Waals surface area contributed by atoms with Crippen LogP contribution in [0.2, 0.25) is 0 Å². The van der Waals surface area contributed by atoms with E-state index in [1.807, 2.05) is 5.43 Å². The molecule has 0 aliphatic carbocycles. The van der Waals surface area contributed by atoms with Gasteiger partial charge in [0.25, 0.3) is 0 Å². The number of nitrogens with one attached hydrogen (secondary N) is 2. The maximum atomic E-state index is 11.3. The fourth-order valence-corrected chi connectivity index (χ4v) is 1.16. The Morgan fingerprint density at radius 3 is 2.47 bits per heavy atom. The Balaban J connectivity index is 2.56. The van der Waals surface area contributed by atoms with Crippen LogP contribution in [0.15, 0.2) is 23.3 Å². The molecule has 2 amide bonds. The van der Waals surface area contributed by atoms with E-state index in [9.17, 15) is 14.7 Å². The molecule has 19 heavy (non-hydrogen) atoms. The second kappa shape index (κ2) is 6.39. The normalized spacial score (nSPS) is 10.7. The predicted molar refractivity (Wildman–Crippen MR) is 68.8 cm³/mol. The van der Waals surface area contributed by atoms with Crippen LogP contribution >= 0.6 is 0 Å². The van der Waals surface area contributed by atoms with Gasteiger partial charge < -0.3 is 15.5 Å². The van der Waals surface area contributed by atoms with Gasteiger partial charge in [-0.1, -0.05) is 0 Å². The first-order valence-electron chi connectivity index (χ1n) is 5.56. The van der Waals surface area contributed by atoms with Crippen molar-refractivity contribution in [2.75, 3.05) is 0 Å². The molecule has 1 aromatic rings. The van der Waals surface area contributed by atoms with Crippen LogP contribution in [-0.2, 0) is 9.59 Å². The highest BCUT2D eigenvalue weighted by Gasteiger charge is 2.12. The second-order valence-corrected chi connectivity index (χ2v) is 4.08. The number of hydrogen-bond donors (Lipinski definition) is 4. The monoisotopic (exact) mass is 265 g/mol. The summed E-state index contributed by atoms with van der Waals surface area (Å²) in [6.45, 7) is 3.46. The third-order valence-electron chi connectivity index (χ3n) is 2.01. The van der Waals surface area contributed by atoms with E-state index < -0.39 is 11.8 Å². The van der Waals surface area contributed by atoms with Gasteiger partial charge in [-0.15, -0.1) is 0 Å². The zero-order chi connectivity index (χ0) is 14.4. The molecule has 1 rings (SSSR count). The molecule has 0 aliphatic heterocycles. The number of phenolic OH excluding ortho intramolecular Hbond substituents is 2. The fourth-order valence-electron chi connectivity index (χ4n) is 1.16. The van der Waals surface area contributed by atoms with Crippen molar-refractivity contribution in [1.82, 2.24) is 10.7 Å². The van der Waals surface area contributed by atoms with Crippen molar-refractivity contribution in [3.63, 3.8) is 0 Å². The molecule has 0 saturated heterocycles. The number of phenols is 2. The largest absolute Gasteiger partial charge is 0.504 e. The topological polar surface area (TPSA) is 111 Å². The smallest absolute Gasteiger partial charge is 0.329 e. The van der Waals surface area contributed by atoms with Gasteiger partial charge in [-0.05, 0) is 37.6 Å². The molecule has 0 saturated carbocycles. The highest BCUT2D eigenvalue weighted by Crippen LogP contribution is 2.23. The Bertz CT molecular complexity index is 512. The lowest BCUT2D eigenvalue weighted by atomic mass is 10.2. The third-order valence-corrected chi connectivity index (χ3v) is 2.01. The Kier molecular flexibility index (Phi) is 4.87. The van der Waals surface area contributed by atoms with Crippen LogP contribution in [0.4, 0.5) is 0 Å². The van der Waals surface area contributed by atoms with Crippen molar-refractivity contribution >= 4 is 18.0 Å². The summed E-state index contributed by atoms with van der Waals surface area (Å²) in [6, 6.07) is 3.89. The number of hydrogen-bond acceptors (Lipinski definition) is 5. The summed E-state index contributed by atoms with van der Waals surface area (Å²) in [6.07, 6.45) is 1.24. The molecular formula is C12H15N3O4. The van der Waals surface area contributed by atoms with E-state index in [-0.39, 0.29) is 17.5 Å². The van der Waals surface area contributed by atoms with Crippen molar-refractivity contribution in [3.05, 3.63) is 23.8 Å². The zero-order valence-electron chi connectivity index (χ0n) is 10.5. The first-order valence-corrected chi connectivity index (χ1v) is 5.56. The summed E-state index contributed by atoms with van der Waals surface area (Å²) in [5, 5.41) is 24.3. The quantitative estimate of drug-likeness (QED) is 0.268. The van der Waals surface area contributed by atoms with Crippen LogP contribution in [0, 0.1) is 0 Å². The molecule has 1 aromatic carbocycles. The maximum Gasteiger partial charge on any atom is 0.329 e. The van der Waals surface area contributed by atoms with Gasteiger partial charge in [-0.25, -0.2) is 5.43 Å². The highest BCUT2D eigenvalue weighted by molar-refractivity contribution is 6.35. The molecule has 0 bridgehead atoms. The van der Waals surface area contributed by atoms with E-state index in [0.717, 1.165) is 0 Å². The van der Waals surface area contributed by atoms with E-state index in [4.69, 9.17) is 5.11 Å². The summed E-state index contributed by atoms with van der Waals surface area (Å²) >= 11 is 0. The van der Waals surface area contributed by atoms with Crippen LogP contribution in [0.1, 0.15) is 19.4 Å². The molecule has 0 unspecified atom stereocenters. The molecule has 102 valence electrons. The average molecular weight is 265 g/mol. The summed E-state index contributed by atoms with van der Waals surface area (Å²) < 4.78 is 0. The Hall–Kier alpha value is -2.57. The lowest BCUT2D eigenvalue weighted by Crippen LogP contribution is -2.41. The van der Waals surface area contributed by atoms with E-state index in [1.165, 1.54) is 24.4 Å². The molecule has 0 fully saturated rings. The number of carbonyl (C=O) groups is 2. The minimum atomic E-state index is -0.882. The SMILES string of the molecule is CC(C)NC(=O)C(=O)N/N=C/c1ccc(O)c(O)c1. The Morgan fingerprint density at radius 1 is 1.21 bits per heavy atom. The average Bonchev–Trinajstić information content (AvgIpc) is 2.32. The van der Waals surface area contributed by atoms with E-state index in [0.29, 0.717) is 5.56 Å². The van der Waals surface area contributed by atoms with E-state index in [1.54, 1.807) is 13.8 Å². The minimum absolute atomic E-state index is 0.142. The number of benzene rings is 1. The van der Waals surface area contributed by atoms with Gasteiger partial charge >= 0.3 is 11.8 Å². The number of amides is 2. The summed E-state index contributed by atoms with van der Waals surface area (Å²) in [7, 11) is 0. The fraction of sp³-hybridized carbons (Fsp3) is 0.250. The molecule has 0 radical (unpaired) electrons. The molecule has 7 heteroatoms. The molecule has 7 nitrogen and oxygen atoms in total. The molecular weight excluding hydrogens is 250 g/mol. The van der Waals surface area contributed by atoms with Gasteiger partial charge in [0, 0.05) is 6.04 Å². The Labute approximate surface area is 109 Å². The van der Waals surface area contributed by atoms with Crippen LogP contribution in [0.25, 0.3) is 0 Å². The van der Waals surface area contributed by atoms with Crippen LogP contribution in [-0.4, -0.2) is 34.3 Å². The molecule has 0 aliphatic rings. The van der Waals surface area contributed by atoms with Crippen molar-refractivity contribution in [1.29, 1.82) is 0 Å².